The first-order valence-corrected chi connectivity index (χ1v) is 7.11. The predicted octanol–water partition coefficient (Wildman–Crippen LogP) is 3.75. The SMILES string of the molecule is [CH2][C@H](C)NC(=O)OCC1c2ccccc2-c2ccccc21. The van der Waals surface area contributed by atoms with Gasteiger partial charge in [0.25, 0.3) is 0 Å². The maximum Gasteiger partial charge on any atom is 0.407 e. The van der Waals surface area contributed by atoms with Crippen molar-refractivity contribution in [3.8, 4) is 11.1 Å². The minimum absolute atomic E-state index is 0.100. The molecule has 0 unspecified atom stereocenters. The van der Waals surface area contributed by atoms with Gasteiger partial charge in [0, 0.05) is 12.0 Å². The standard InChI is InChI=1S/C18H18NO2/c1-12(2)19-18(20)21-11-17-15-9-5-3-7-13(15)14-8-4-6-10-16(14)17/h3-10,12,17H,1,11H2,2H3,(H,19,20)/t12-/m1/s1. The molecule has 0 fully saturated rings. The number of hydrogen-bond acceptors (Lipinski definition) is 2. The van der Waals surface area contributed by atoms with Crippen LogP contribution in [-0.2, 0) is 4.74 Å². The topological polar surface area (TPSA) is 38.3 Å². The highest BCUT2D eigenvalue weighted by Gasteiger charge is 2.28. The molecular formula is C18H18NO2. The summed E-state index contributed by atoms with van der Waals surface area (Å²) >= 11 is 0. The average Bonchev–Trinajstić information content (AvgIpc) is 2.79. The molecule has 1 aliphatic rings. The number of carbonyl (C=O) groups excluding carboxylic acids is 1. The molecule has 3 heteroatoms. The number of carbonyl (C=O) groups is 1. The minimum Gasteiger partial charge on any atom is -0.449 e. The van der Waals surface area contributed by atoms with Gasteiger partial charge in [0.1, 0.15) is 6.61 Å². The van der Waals surface area contributed by atoms with Crippen molar-refractivity contribution >= 4 is 6.09 Å². The molecule has 2 aromatic carbocycles. The maximum atomic E-state index is 11.7. The van der Waals surface area contributed by atoms with Gasteiger partial charge in [-0.2, -0.15) is 0 Å². The molecule has 1 radical (unpaired) electrons. The molecule has 0 bridgehead atoms. The van der Waals surface area contributed by atoms with Crippen LogP contribution < -0.4 is 5.32 Å². The van der Waals surface area contributed by atoms with Crippen molar-refractivity contribution < 1.29 is 9.53 Å². The second kappa shape index (κ2) is 5.60. The van der Waals surface area contributed by atoms with Crippen molar-refractivity contribution in [2.24, 2.45) is 0 Å². The van der Waals surface area contributed by atoms with Crippen molar-refractivity contribution in [1.82, 2.24) is 5.32 Å². The Bertz CT molecular complexity index is 618. The van der Waals surface area contributed by atoms with E-state index >= 15 is 0 Å². The lowest BCUT2D eigenvalue weighted by molar-refractivity contribution is 0.141. The third-order valence-corrected chi connectivity index (χ3v) is 3.71. The van der Waals surface area contributed by atoms with E-state index in [0.29, 0.717) is 6.61 Å². The van der Waals surface area contributed by atoms with Gasteiger partial charge in [0.2, 0.25) is 0 Å². The number of ether oxygens (including phenoxy) is 1. The van der Waals surface area contributed by atoms with E-state index < -0.39 is 6.09 Å². The van der Waals surface area contributed by atoms with Crippen LogP contribution in [0.4, 0.5) is 4.79 Å². The Kier molecular flexibility index (Phi) is 3.65. The lowest BCUT2D eigenvalue weighted by atomic mass is 9.98. The number of hydrogen-bond donors (Lipinski definition) is 1. The van der Waals surface area contributed by atoms with Gasteiger partial charge in [-0.25, -0.2) is 4.79 Å². The lowest BCUT2D eigenvalue weighted by Crippen LogP contribution is -2.31. The van der Waals surface area contributed by atoms with Gasteiger partial charge in [0.15, 0.2) is 0 Å². The normalized spacial score (nSPS) is 12.9. The average molecular weight is 280 g/mol. The van der Waals surface area contributed by atoms with Crippen LogP contribution in [0.2, 0.25) is 0 Å². The van der Waals surface area contributed by atoms with E-state index in [1.807, 2.05) is 24.3 Å². The molecule has 3 nitrogen and oxygen atoms in total. The molecule has 0 saturated carbocycles. The van der Waals surface area contributed by atoms with Gasteiger partial charge >= 0.3 is 6.09 Å². The van der Waals surface area contributed by atoms with Crippen LogP contribution >= 0.6 is 0 Å². The molecule has 0 aromatic heterocycles. The van der Waals surface area contributed by atoms with Crippen LogP contribution in [0.25, 0.3) is 11.1 Å². The summed E-state index contributed by atoms with van der Waals surface area (Å²) in [4.78, 5) is 11.7. The molecular weight excluding hydrogens is 262 g/mol. The third-order valence-electron chi connectivity index (χ3n) is 3.71. The zero-order valence-corrected chi connectivity index (χ0v) is 12.0. The Labute approximate surface area is 124 Å². The Morgan fingerprint density at radius 1 is 1.14 bits per heavy atom. The Balaban J connectivity index is 1.84. The van der Waals surface area contributed by atoms with Crippen molar-refractivity contribution in [3.63, 3.8) is 0 Å². The quantitative estimate of drug-likeness (QED) is 0.930. The van der Waals surface area contributed by atoms with Crippen LogP contribution in [-0.4, -0.2) is 18.7 Å². The van der Waals surface area contributed by atoms with E-state index in [0.717, 1.165) is 0 Å². The summed E-state index contributed by atoms with van der Waals surface area (Å²) in [6.07, 6.45) is -0.417. The molecule has 21 heavy (non-hydrogen) atoms. The number of rotatable bonds is 3. The zero-order chi connectivity index (χ0) is 14.8. The summed E-state index contributed by atoms with van der Waals surface area (Å²) in [6, 6.07) is 16.4. The largest absolute Gasteiger partial charge is 0.449 e. The van der Waals surface area contributed by atoms with E-state index in [1.165, 1.54) is 22.3 Å². The molecule has 3 rings (SSSR count). The van der Waals surface area contributed by atoms with Crippen molar-refractivity contribution in [2.75, 3.05) is 6.61 Å². The molecule has 1 amide bonds. The van der Waals surface area contributed by atoms with Crippen molar-refractivity contribution in [1.29, 1.82) is 0 Å². The van der Waals surface area contributed by atoms with E-state index in [1.54, 1.807) is 6.92 Å². The summed E-state index contributed by atoms with van der Waals surface area (Å²) in [5.41, 5.74) is 4.89. The first kappa shape index (κ1) is 13.7. The van der Waals surface area contributed by atoms with Crippen LogP contribution in [0.5, 0.6) is 0 Å². The monoisotopic (exact) mass is 280 g/mol. The highest BCUT2D eigenvalue weighted by molar-refractivity contribution is 5.79. The fourth-order valence-electron chi connectivity index (χ4n) is 2.84. The first-order chi connectivity index (χ1) is 10.2. The Hall–Kier alpha value is -2.29. The predicted molar refractivity (Wildman–Crippen MR) is 83.0 cm³/mol. The van der Waals surface area contributed by atoms with Gasteiger partial charge < -0.3 is 10.1 Å². The number of benzene rings is 2. The summed E-state index contributed by atoms with van der Waals surface area (Å²) in [6.45, 7) is 5.86. The van der Waals surface area contributed by atoms with Gasteiger partial charge in [0.05, 0.1) is 0 Å². The highest BCUT2D eigenvalue weighted by atomic mass is 16.5. The van der Waals surface area contributed by atoms with E-state index in [9.17, 15) is 4.79 Å². The zero-order valence-electron chi connectivity index (χ0n) is 12.0. The van der Waals surface area contributed by atoms with Crippen LogP contribution in [0.1, 0.15) is 24.0 Å². The molecule has 1 N–H and O–H groups in total. The van der Waals surface area contributed by atoms with Gasteiger partial charge in [-0.15, -0.1) is 0 Å². The Morgan fingerprint density at radius 3 is 2.19 bits per heavy atom. The number of nitrogens with one attached hydrogen (secondary N) is 1. The minimum atomic E-state index is -0.417. The van der Waals surface area contributed by atoms with Gasteiger partial charge in [-0.3, -0.25) is 0 Å². The van der Waals surface area contributed by atoms with Crippen LogP contribution in [0.15, 0.2) is 48.5 Å². The molecule has 0 saturated heterocycles. The second-order valence-corrected chi connectivity index (χ2v) is 5.37. The van der Waals surface area contributed by atoms with Gasteiger partial charge in [-0.05, 0) is 36.1 Å². The van der Waals surface area contributed by atoms with E-state index in [4.69, 9.17) is 4.74 Å². The summed E-state index contributed by atoms with van der Waals surface area (Å²) < 4.78 is 5.36. The van der Waals surface area contributed by atoms with Crippen molar-refractivity contribution in [2.45, 2.75) is 18.9 Å². The maximum absolute atomic E-state index is 11.7. The molecule has 0 aliphatic heterocycles. The molecule has 1 aliphatic carbocycles. The van der Waals surface area contributed by atoms with Crippen LogP contribution in [0.3, 0.4) is 0 Å². The number of fused-ring (bicyclic) bond motifs is 3. The number of alkyl carbamates (subject to hydrolysis) is 1. The third kappa shape index (κ3) is 2.64. The smallest absolute Gasteiger partial charge is 0.407 e. The molecule has 0 heterocycles. The fraction of sp³-hybridized carbons (Fsp3) is 0.222. The summed E-state index contributed by atoms with van der Waals surface area (Å²) in [5, 5.41) is 2.64. The van der Waals surface area contributed by atoms with Gasteiger partial charge in [-0.1, -0.05) is 48.5 Å². The first-order valence-electron chi connectivity index (χ1n) is 7.11. The molecule has 1 atom stereocenters. The molecule has 2 aromatic rings. The number of amides is 1. The molecule has 0 spiro atoms. The lowest BCUT2D eigenvalue weighted by Gasteiger charge is -2.15. The molecule has 107 valence electrons. The van der Waals surface area contributed by atoms with Crippen LogP contribution in [0, 0.1) is 6.92 Å². The highest BCUT2D eigenvalue weighted by Crippen LogP contribution is 2.44. The van der Waals surface area contributed by atoms with Crippen molar-refractivity contribution in [3.05, 3.63) is 66.6 Å². The van der Waals surface area contributed by atoms with E-state index in [-0.39, 0.29) is 12.0 Å². The fourth-order valence-corrected chi connectivity index (χ4v) is 2.84. The second-order valence-electron chi connectivity index (χ2n) is 5.37. The van der Waals surface area contributed by atoms with E-state index in [2.05, 4.69) is 36.5 Å². The Morgan fingerprint density at radius 2 is 1.67 bits per heavy atom. The summed E-state index contributed by atoms with van der Waals surface area (Å²) in [7, 11) is 0. The summed E-state index contributed by atoms with van der Waals surface area (Å²) in [5.74, 6) is 0.100.